The van der Waals surface area contributed by atoms with Crippen LogP contribution in [0.1, 0.15) is 1.37 Å². The summed E-state index contributed by atoms with van der Waals surface area (Å²) in [7, 11) is 0. The molecule has 0 saturated heterocycles. The number of rotatable bonds is 0. The average molecular weight is 204 g/mol. The Morgan fingerprint density at radius 2 is 2.00 bits per heavy atom. The Kier molecular flexibility index (Phi) is 1.36. The van der Waals surface area contributed by atoms with Gasteiger partial charge < -0.3 is 4.42 Å². The van der Waals surface area contributed by atoms with Gasteiger partial charge in [0, 0.05) is 10.8 Å². The minimum atomic E-state index is 0.442. The van der Waals surface area contributed by atoms with Gasteiger partial charge in [0.25, 0.3) is 0 Å². The summed E-state index contributed by atoms with van der Waals surface area (Å²) in [6.45, 7) is 0. The van der Waals surface area contributed by atoms with Crippen LogP contribution in [0.2, 0.25) is 5.02 Å². The van der Waals surface area contributed by atoms with Crippen LogP contribution in [-0.4, -0.2) is 0 Å². The molecule has 0 N–H and O–H groups in total. The third-order valence-corrected chi connectivity index (χ3v) is 2.61. The summed E-state index contributed by atoms with van der Waals surface area (Å²) in [4.78, 5) is 0. The predicted molar refractivity (Wildman–Crippen MR) is 58.7 cm³/mol. The monoisotopic (exact) mass is 203 g/mol. The smallest absolute Gasteiger partial charge is 0.136 e. The average Bonchev–Trinajstić information content (AvgIpc) is 2.56. The Labute approximate surface area is 87.3 Å². The van der Waals surface area contributed by atoms with E-state index in [1.165, 1.54) is 0 Å². The van der Waals surface area contributed by atoms with Crippen molar-refractivity contribution in [2.24, 2.45) is 0 Å². The van der Waals surface area contributed by atoms with Crippen LogP contribution in [-0.2, 0) is 0 Å². The van der Waals surface area contributed by atoms with Crippen LogP contribution in [0, 0.1) is 0 Å². The maximum atomic E-state index is 7.51. The minimum Gasteiger partial charge on any atom is -0.456 e. The summed E-state index contributed by atoms with van der Waals surface area (Å²) < 4.78 is 13.1. The van der Waals surface area contributed by atoms with Crippen LogP contribution >= 0.6 is 11.6 Å². The molecule has 0 atom stereocenters. The van der Waals surface area contributed by atoms with Gasteiger partial charge in [-0.25, -0.2) is 0 Å². The number of benzene rings is 2. The molecule has 0 radical (unpaired) electrons. The fourth-order valence-corrected chi connectivity index (χ4v) is 1.94. The van der Waals surface area contributed by atoms with Crippen molar-refractivity contribution in [1.82, 2.24) is 0 Å². The molecular formula is C12H7ClO. The van der Waals surface area contributed by atoms with Gasteiger partial charge in [0.05, 0.1) is 6.39 Å². The molecule has 0 aliphatic heterocycles. The molecule has 3 rings (SSSR count). The molecule has 0 aliphatic rings. The third kappa shape index (κ3) is 0.962. The van der Waals surface area contributed by atoms with Crippen molar-refractivity contribution in [3.05, 3.63) is 47.5 Å². The van der Waals surface area contributed by atoms with Crippen LogP contribution < -0.4 is 0 Å². The van der Waals surface area contributed by atoms with Gasteiger partial charge in [0.1, 0.15) is 11.2 Å². The zero-order chi connectivity index (χ0) is 10.4. The van der Waals surface area contributed by atoms with E-state index in [-0.39, 0.29) is 0 Å². The summed E-state index contributed by atoms with van der Waals surface area (Å²) in [5.74, 6) is 0. The van der Waals surface area contributed by atoms with E-state index in [1.807, 2.05) is 24.3 Å². The molecule has 2 heteroatoms. The molecule has 0 amide bonds. The summed E-state index contributed by atoms with van der Waals surface area (Å²) in [5.41, 5.74) is 1.48. The Morgan fingerprint density at radius 3 is 2.93 bits per heavy atom. The van der Waals surface area contributed by atoms with Gasteiger partial charge in [0.2, 0.25) is 0 Å². The lowest BCUT2D eigenvalue weighted by Crippen LogP contribution is -1.67. The van der Waals surface area contributed by atoms with E-state index < -0.39 is 0 Å². The molecular weight excluding hydrogens is 196 g/mol. The van der Waals surface area contributed by atoms with E-state index >= 15 is 0 Å². The summed E-state index contributed by atoms with van der Waals surface area (Å²) in [5, 5.41) is 2.57. The second-order valence-electron chi connectivity index (χ2n) is 3.14. The largest absolute Gasteiger partial charge is 0.456 e. The van der Waals surface area contributed by atoms with Gasteiger partial charge in [0.15, 0.2) is 0 Å². The first-order valence-electron chi connectivity index (χ1n) is 4.83. The van der Waals surface area contributed by atoms with Crippen LogP contribution in [0.3, 0.4) is 0 Å². The van der Waals surface area contributed by atoms with Crippen LogP contribution in [0.5, 0.6) is 0 Å². The first-order chi connectivity index (χ1) is 7.25. The van der Waals surface area contributed by atoms with E-state index in [1.54, 1.807) is 12.1 Å². The molecule has 2 aromatic carbocycles. The van der Waals surface area contributed by atoms with Crippen molar-refractivity contribution in [3.8, 4) is 0 Å². The van der Waals surface area contributed by atoms with Crippen molar-refractivity contribution >= 4 is 33.5 Å². The number of fused-ring (bicyclic) bond motifs is 3. The van der Waals surface area contributed by atoms with Gasteiger partial charge in [-0.3, -0.25) is 0 Å². The lowest BCUT2D eigenvalue weighted by Gasteiger charge is -1.91. The Hall–Kier alpha value is -1.47. The normalized spacial score (nSPS) is 12.2. The van der Waals surface area contributed by atoms with Crippen LogP contribution in [0.4, 0.5) is 0 Å². The second-order valence-corrected chi connectivity index (χ2v) is 3.54. The second kappa shape index (κ2) is 2.76. The maximum Gasteiger partial charge on any atom is 0.136 e. The van der Waals surface area contributed by atoms with E-state index in [0.717, 1.165) is 16.4 Å². The quantitative estimate of drug-likeness (QED) is 0.533. The molecule has 0 spiro atoms. The van der Waals surface area contributed by atoms with Gasteiger partial charge in [-0.15, -0.1) is 0 Å². The molecule has 0 saturated carbocycles. The molecule has 68 valence electrons. The highest BCUT2D eigenvalue weighted by Crippen LogP contribution is 2.33. The Balaban J connectivity index is 2.59. The molecule has 0 unspecified atom stereocenters. The highest BCUT2D eigenvalue weighted by Gasteiger charge is 2.07. The number of furan rings is 1. The Bertz CT molecular complexity index is 657. The van der Waals surface area contributed by atoms with E-state index in [9.17, 15) is 0 Å². The zero-order valence-corrected chi connectivity index (χ0v) is 8.01. The summed E-state index contributed by atoms with van der Waals surface area (Å²) in [6, 6.07) is 11.3. The topological polar surface area (TPSA) is 13.1 Å². The van der Waals surface area contributed by atoms with E-state index in [4.69, 9.17) is 17.4 Å². The lowest BCUT2D eigenvalue weighted by molar-refractivity contribution is 0.669. The SMILES string of the molecule is [2H]c1ccc2c(c1)oc1cccc(Cl)c12. The molecule has 14 heavy (non-hydrogen) atoms. The highest BCUT2D eigenvalue weighted by atomic mass is 35.5. The fourth-order valence-electron chi connectivity index (χ4n) is 1.68. The van der Waals surface area contributed by atoms with Crippen molar-refractivity contribution in [2.45, 2.75) is 0 Å². The van der Waals surface area contributed by atoms with Gasteiger partial charge in [-0.1, -0.05) is 35.8 Å². The number of para-hydroxylation sites is 1. The zero-order valence-electron chi connectivity index (χ0n) is 8.25. The minimum absolute atomic E-state index is 0.442. The first kappa shape index (κ1) is 6.91. The lowest BCUT2D eigenvalue weighted by atomic mass is 10.1. The number of halogens is 1. The molecule has 3 aromatic rings. The highest BCUT2D eigenvalue weighted by molar-refractivity contribution is 6.37. The molecule has 0 bridgehead atoms. The van der Waals surface area contributed by atoms with Crippen molar-refractivity contribution < 1.29 is 5.79 Å². The maximum absolute atomic E-state index is 7.51. The fraction of sp³-hybridized carbons (Fsp3) is 0. The van der Waals surface area contributed by atoms with Crippen LogP contribution in [0.25, 0.3) is 21.9 Å². The number of hydrogen-bond acceptors (Lipinski definition) is 1. The van der Waals surface area contributed by atoms with Gasteiger partial charge in [-0.2, -0.15) is 0 Å². The predicted octanol–water partition coefficient (Wildman–Crippen LogP) is 4.24. The first-order valence-corrected chi connectivity index (χ1v) is 4.71. The van der Waals surface area contributed by atoms with Crippen molar-refractivity contribution in [1.29, 1.82) is 0 Å². The van der Waals surface area contributed by atoms with Gasteiger partial charge in [-0.05, 0) is 18.2 Å². The van der Waals surface area contributed by atoms with Crippen molar-refractivity contribution in [3.63, 3.8) is 0 Å². The third-order valence-electron chi connectivity index (χ3n) is 2.29. The van der Waals surface area contributed by atoms with E-state index in [2.05, 4.69) is 0 Å². The molecule has 1 aromatic heterocycles. The summed E-state index contributed by atoms with van der Waals surface area (Å²) >= 11 is 6.11. The van der Waals surface area contributed by atoms with Gasteiger partial charge >= 0.3 is 0 Å². The molecule has 1 heterocycles. The number of hydrogen-bond donors (Lipinski definition) is 0. The molecule has 1 nitrogen and oxygen atoms in total. The van der Waals surface area contributed by atoms with Crippen LogP contribution in [0.15, 0.2) is 46.9 Å². The molecule has 0 aliphatic carbocycles. The van der Waals surface area contributed by atoms with Crippen molar-refractivity contribution in [2.75, 3.05) is 0 Å². The molecule has 0 fully saturated rings. The summed E-state index contributed by atoms with van der Waals surface area (Å²) in [6.07, 6.45) is 0. The Morgan fingerprint density at radius 1 is 1.07 bits per heavy atom. The van der Waals surface area contributed by atoms with E-state index in [0.29, 0.717) is 16.6 Å². The standard InChI is InChI=1S/C12H7ClO/c13-9-5-3-7-11-12(9)8-4-1-2-6-10(8)14-11/h1-7H/i2D.